The van der Waals surface area contributed by atoms with E-state index in [1.807, 2.05) is 128 Å². The lowest BCUT2D eigenvalue weighted by molar-refractivity contribution is 0.584. The molecule has 0 saturated carbocycles. The Kier molecular flexibility index (Phi) is 8.69. The molecule has 8 heteroatoms. The SMILES string of the molecule is C\C=C/C(=C\C=N\C)c1ccc(-c2nnc(-c3ccc(-c4ccc(-c5nnc(-c6ccc(-c7ccncc7)cc6)o5)cc4)cc3)o2)cc1. The molecule has 0 aliphatic carbocycles. The summed E-state index contributed by atoms with van der Waals surface area (Å²) in [6, 6.07) is 36.1. The largest absolute Gasteiger partial charge is 0.416 e. The summed E-state index contributed by atoms with van der Waals surface area (Å²) >= 11 is 0. The Labute approximate surface area is 277 Å². The number of allylic oxidation sites excluding steroid dienone is 4. The lowest BCUT2D eigenvalue weighted by Crippen LogP contribution is -1.84. The van der Waals surface area contributed by atoms with Crippen LogP contribution in [0.5, 0.6) is 0 Å². The van der Waals surface area contributed by atoms with Gasteiger partial charge in [-0.05, 0) is 107 Å². The van der Waals surface area contributed by atoms with Crippen molar-refractivity contribution in [3.05, 3.63) is 145 Å². The molecule has 0 N–H and O–H groups in total. The molecule has 0 saturated heterocycles. The molecule has 0 atom stereocenters. The number of aliphatic imine (C=N–C) groups is 1. The van der Waals surface area contributed by atoms with Gasteiger partial charge in [0.15, 0.2) is 0 Å². The Morgan fingerprint density at radius 1 is 0.500 bits per heavy atom. The third-order valence-corrected chi connectivity index (χ3v) is 7.81. The second-order valence-corrected chi connectivity index (χ2v) is 10.9. The van der Waals surface area contributed by atoms with Gasteiger partial charge in [0.1, 0.15) is 0 Å². The molecule has 0 radical (unpaired) electrons. The van der Waals surface area contributed by atoms with E-state index in [1.165, 1.54) is 0 Å². The van der Waals surface area contributed by atoms with E-state index in [-0.39, 0.29) is 0 Å². The van der Waals surface area contributed by atoms with Gasteiger partial charge in [-0.2, -0.15) is 0 Å². The Morgan fingerprint density at radius 3 is 1.23 bits per heavy atom. The van der Waals surface area contributed by atoms with Crippen LogP contribution in [0.15, 0.2) is 154 Å². The van der Waals surface area contributed by atoms with E-state index in [0.717, 1.165) is 55.6 Å². The van der Waals surface area contributed by atoms with Gasteiger partial charge >= 0.3 is 0 Å². The number of pyridine rings is 1. The van der Waals surface area contributed by atoms with Gasteiger partial charge < -0.3 is 8.83 Å². The molecule has 232 valence electrons. The highest BCUT2D eigenvalue weighted by molar-refractivity contribution is 5.88. The Hall–Kier alpha value is -6.54. The smallest absolute Gasteiger partial charge is 0.248 e. The highest BCUT2D eigenvalue weighted by Gasteiger charge is 2.13. The van der Waals surface area contributed by atoms with E-state index in [2.05, 4.69) is 36.4 Å². The first kappa shape index (κ1) is 30.1. The summed E-state index contributed by atoms with van der Waals surface area (Å²) in [5.74, 6) is 1.87. The van der Waals surface area contributed by atoms with Crippen LogP contribution < -0.4 is 0 Å². The second kappa shape index (κ2) is 13.8. The fraction of sp³-hybridized carbons (Fsp3) is 0.0500. The standard InChI is InChI=1S/C40H30N6O2/c1-3-4-27(21-24-41-2)28-5-13-33(14-6-28)37-43-44-38(47-37)34-15-7-29(8-16-34)30-9-17-35(18-10-30)39-45-46-40(48-39)36-19-11-31(12-20-36)32-22-25-42-26-23-32/h3-26H,1-2H3/b4-3-,27-21+,41-24+. The predicted molar refractivity (Wildman–Crippen MR) is 190 cm³/mol. The molecule has 4 aromatic carbocycles. The van der Waals surface area contributed by atoms with Gasteiger partial charge in [-0.3, -0.25) is 9.98 Å². The van der Waals surface area contributed by atoms with Crippen LogP contribution in [0.3, 0.4) is 0 Å². The van der Waals surface area contributed by atoms with Gasteiger partial charge in [0, 0.05) is 47.9 Å². The monoisotopic (exact) mass is 626 g/mol. The first-order valence-corrected chi connectivity index (χ1v) is 15.4. The average molecular weight is 627 g/mol. The van der Waals surface area contributed by atoms with Gasteiger partial charge in [-0.1, -0.05) is 60.7 Å². The zero-order valence-electron chi connectivity index (χ0n) is 26.4. The summed E-state index contributed by atoms with van der Waals surface area (Å²) in [4.78, 5) is 8.14. The van der Waals surface area contributed by atoms with E-state index in [9.17, 15) is 0 Å². The molecule has 0 unspecified atom stereocenters. The van der Waals surface area contributed by atoms with Crippen molar-refractivity contribution >= 4 is 11.8 Å². The molecule has 0 spiro atoms. The first-order chi connectivity index (χ1) is 23.7. The Bertz CT molecular complexity index is 2210. The fourth-order valence-corrected chi connectivity index (χ4v) is 5.26. The molecule has 48 heavy (non-hydrogen) atoms. The van der Waals surface area contributed by atoms with Crippen LogP contribution in [0, 0.1) is 0 Å². The zero-order chi connectivity index (χ0) is 32.7. The van der Waals surface area contributed by atoms with Crippen LogP contribution in [0.4, 0.5) is 0 Å². The second-order valence-electron chi connectivity index (χ2n) is 10.9. The zero-order valence-corrected chi connectivity index (χ0v) is 26.4. The van der Waals surface area contributed by atoms with E-state index >= 15 is 0 Å². The number of hydrogen-bond donors (Lipinski definition) is 0. The van der Waals surface area contributed by atoms with Crippen LogP contribution in [0.1, 0.15) is 12.5 Å². The molecule has 0 fully saturated rings. The van der Waals surface area contributed by atoms with Crippen molar-refractivity contribution in [2.45, 2.75) is 6.92 Å². The number of nitrogens with zero attached hydrogens (tertiary/aromatic N) is 6. The van der Waals surface area contributed by atoms with E-state index in [0.29, 0.717) is 23.6 Å². The van der Waals surface area contributed by atoms with Crippen LogP contribution in [-0.4, -0.2) is 38.6 Å². The van der Waals surface area contributed by atoms with Gasteiger partial charge in [-0.25, -0.2) is 0 Å². The van der Waals surface area contributed by atoms with Gasteiger partial charge in [0.05, 0.1) is 0 Å². The molecular weight excluding hydrogens is 596 g/mol. The number of aromatic nitrogens is 5. The van der Waals surface area contributed by atoms with Gasteiger partial charge in [-0.15, -0.1) is 20.4 Å². The number of rotatable bonds is 9. The summed E-state index contributed by atoms with van der Waals surface area (Å²) in [6.45, 7) is 1.99. The van der Waals surface area contributed by atoms with Crippen molar-refractivity contribution < 1.29 is 8.83 Å². The van der Waals surface area contributed by atoms with Crippen molar-refractivity contribution in [2.75, 3.05) is 7.05 Å². The summed E-state index contributed by atoms with van der Waals surface area (Å²) in [6.07, 6.45) is 11.4. The summed E-state index contributed by atoms with van der Waals surface area (Å²) in [5, 5.41) is 17.2. The number of hydrogen-bond acceptors (Lipinski definition) is 8. The van der Waals surface area contributed by atoms with Crippen molar-refractivity contribution in [2.24, 2.45) is 4.99 Å². The minimum atomic E-state index is 0.462. The van der Waals surface area contributed by atoms with Crippen LogP contribution in [-0.2, 0) is 0 Å². The van der Waals surface area contributed by atoms with Crippen LogP contribution >= 0.6 is 0 Å². The molecule has 3 heterocycles. The minimum absolute atomic E-state index is 0.462. The molecule has 0 amide bonds. The molecule has 0 aliphatic heterocycles. The molecule has 0 bridgehead atoms. The topological polar surface area (TPSA) is 103 Å². The highest BCUT2D eigenvalue weighted by Crippen LogP contribution is 2.30. The third-order valence-electron chi connectivity index (χ3n) is 7.81. The lowest BCUT2D eigenvalue weighted by atomic mass is 10.0. The van der Waals surface area contributed by atoms with Crippen molar-refractivity contribution in [1.29, 1.82) is 0 Å². The molecule has 7 aromatic rings. The first-order valence-electron chi connectivity index (χ1n) is 15.4. The summed E-state index contributed by atoms with van der Waals surface area (Å²) < 4.78 is 12.1. The maximum Gasteiger partial charge on any atom is 0.248 e. The normalized spacial score (nSPS) is 11.9. The highest BCUT2D eigenvalue weighted by atomic mass is 16.4. The van der Waals surface area contributed by atoms with E-state index in [4.69, 9.17) is 8.83 Å². The lowest BCUT2D eigenvalue weighted by Gasteiger charge is -2.04. The fourth-order valence-electron chi connectivity index (χ4n) is 5.26. The molecule has 0 aliphatic rings. The maximum absolute atomic E-state index is 6.04. The van der Waals surface area contributed by atoms with E-state index in [1.54, 1.807) is 25.7 Å². The van der Waals surface area contributed by atoms with Gasteiger partial charge in [0.25, 0.3) is 0 Å². The minimum Gasteiger partial charge on any atom is -0.416 e. The molecule has 8 nitrogen and oxygen atoms in total. The molecule has 7 rings (SSSR count). The summed E-state index contributed by atoms with van der Waals surface area (Å²) in [5.41, 5.74) is 9.85. The van der Waals surface area contributed by atoms with Crippen LogP contribution in [0.25, 0.3) is 73.6 Å². The van der Waals surface area contributed by atoms with Crippen molar-refractivity contribution in [3.63, 3.8) is 0 Å². The van der Waals surface area contributed by atoms with Crippen LogP contribution in [0.2, 0.25) is 0 Å². The van der Waals surface area contributed by atoms with Gasteiger partial charge in [0.2, 0.25) is 23.6 Å². The van der Waals surface area contributed by atoms with E-state index < -0.39 is 0 Å². The average Bonchev–Trinajstić information content (AvgIpc) is 3.86. The van der Waals surface area contributed by atoms with Crippen molar-refractivity contribution in [3.8, 4) is 68.1 Å². The molecule has 3 aromatic heterocycles. The Morgan fingerprint density at radius 2 is 0.854 bits per heavy atom. The quantitative estimate of drug-likeness (QED) is 0.116. The maximum atomic E-state index is 6.04. The predicted octanol–water partition coefficient (Wildman–Crippen LogP) is 9.51. The summed E-state index contributed by atoms with van der Waals surface area (Å²) in [7, 11) is 1.75. The third kappa shape index (κ3) is 6.54. The number of benzene rings is 4. The molecular formula is C40H30N6O2. The van der Waals surface area contributed by atoms with Crippen molar-refractivity contribution in [1.82, 2.24) is 25.4 Å². The Balaban J connectivity index is 1.02.